The summed E-state index contributed by atoms with van der Waals surface area (Å²) in [6.07, 6.45) is 0.638. The van der Waals surface area contributed by atoms with Crippen molar-refractivity contribution in [2.24, 2.45) is 5.73 Å². The first kappa shape index (κ1) is 22.2. The van der Waals surface area contributed by atoms with Crippen molar-refractivity contribution < 1.29 is 9.59 Å². The molecule has 2 amide bonds. The highest BCUT2D eigenvalue weighted by Gasteiger charge is 2.09. The van der Waals surface area contributed by atoms with Crippen LogP contribution in [0.4, 0.5) is 0 Å². The summed E-state index contributed by atoms with van der Waals surface area (Å²) in [6.45, 7) is 3.20. The van der Waals surface area contributed by atoms with E-state index in [2.05, 4.69) is 27.1 Å². The van der Waals surface area contributed by atoms with Gasteiger partial charge in [-0.05, 0) is 19.1 Å². The van der Waals surface area contributed by atoms with Crippen LogP contribution in [0, 0.1) is 0 Å². The lowest BCUT2D eigenvalue weighted by Gasteiger charge is -2.08. The molecule has 0 fully saturated rings. The second-order valence-electron chi connectivity index (χ2n) is 4.84. The Kier molecular flexibility index (Phi) is 10.0. The second-order valence-corrected chi connectivity index (χ2v) is 4.84. The summed E-state index contributed by atoms with van der Waals surface area (Å²) in [5.74, 6) is 0.360. The van der Waals surface area contributed by atoms with Gasteiger partial charge >= 0.3 is 0 Å². The first-order valence-electron chi connectivity index (χ1n) is 7.33. The van der Waals surface area contributed by atoms with Gasteiger partial charge in [0, 0.05) is 19.5 Å². The molecule has 2 aromatic rings. The Bertz CT molecular complexity index is 675. The van der Waals surface area contributed by atoms with Crippen molar-refractivity contribution in [2.75, 3.05) is 19.6 Å². The van der Waals surface area contributed by atoms with E-state index in [0.29, 0.717) is 13.0 Å². The topological polar surface area (TPSA) is 102 Å². The summed E-state index contributed by atoms with van der Waals surface area (Å²) < 4.78 is 2.14. The van der Waals surface area contributed by atoms with Gasteiger partial charge in [0.1, 0.15) is 5.82 Å². The number of rotatable bonds is 7. The third-order valence-corrected chi connectivity index (χ3v) is 3.35. The summed E-state index contributed by atoms with van der Waals surface area (Å²) in [5.41, 5.74) is 7.21. The summed E-state index contributed by atoms with van der Waals surface area (Å²) in [7, 11) is 0. The van der Waals surface area contributed by atoms with Gasteiger partial charge in [0.05, 0.1) is 24.1 Å². The van der Waals surface area contributed by atoms with Crippen molar-refractivity contribution in [3.63, 3.8) is 0 Å². The Morgan fingerprint density at radius 3 is 2.54 bits per heavy atom. The van der Waals surface area contributed by atoms with Gasteiger partial charge in [-0.15, -0.1) is 24.8 Å². The highest BCUT2D eigenvalue weighted by molar-refractivity contribution is 5.86. The maximum Gasteiger partial charge on any atom is 0.239 e. The summed E-state index contributed by atoms with van der Waals surface area (Å²) >= 11 is 0. The Morgan fingerprint density at radius 1 is 1.17 bits per heavy atom. The van der Waals surface area contributed by atoms with E-state index in [9.17, 15) is 9.59 Å². The van der Waals surface area contributed by atoms with Gasteiger partial charge in [-0.1, -0.05) is 12.1 Å². The third kappa shape index (κ3) is 5.67. The molecule has 2 rings (SSSR count). The number of aromatic nitrogens is 2. The lowest BCUT2D eigenvalue weighted by molar-refractivity contribution is -0.125. The second kappa shape index (κ2) is 10.9. The summed E-state index contributed by atoms with van der Waals surface area (Å²) in [4.78, 5) is 27.1. The van der Waals surface area contributed by atoms with E-state index in [4.69, 9.17) is 5.73 Å². The molecule has 0 aliphatic carbocycles. The molecule has 1 heterocycles. The van der Waals surface area contributed by atoms with E-state index in [0.717, 1.165) is 23.4 Å². The number of hydrogen-bond acceptors (Lipinski definition) is 4. The van der Waals surface area contributed by atoms with E-state index in [1.54, 1.807) is 0 Å². The third-order valence-electron chi connectivity index (χ3n) is 3.35. The first-order chi connectivity index (χ1) is 10.7. The molecule has 0 bridgehead atoms. The van der Waals surface area contributed by atoms with Crippen LogP contribution in [0.3, 0.4) is 0 Å². The normalized spacial score (nSPS) is 9.75. The zero-order chi connectivity index (χ0) is 15.9. The number of amides is 2. The van der Waals surface area contributed by atoms with Gasteiger partial charge in [-0.25, -0.2) is 4.98 Å². The minimum Gasteiger partial charge on any atom is -0.354 e. The number of nitrogens with two attached hydrogens (primary N) is 1. The molecular weight excluding hydrogens is 353 g/mol. The molecule has 4 N–H and O–H groups in total. The number of nitrogens with one attached hydrogen (secondary N) is 2. The van der Waals surface area contributed by atoms with Gasteiger partial charge in [0.25, 0.3) is 0 Å². The van der Waals surface area contributed by atoms with Crippen LogP contribution in [0.2, 0.25) is 0 Å². The molecule has 0 spiro atoms. The predicted molar refractivity (Wildman–Crippen MR) is 98.7 cm³/mol. The van der Waals surface area contributed by atoms with E-state index >= 15 is 0 Å². The molecule has 0 aliphatic rings. The van der Waals surface area contributed by atoms with E-state index < -0.39 is 0 Å². The van der Waals surface area contributed by atoms with E-state index in [-0.39, 0.29) is 49.7 Å². The van der Waals surface area contributed by atoms with Crippen LogP contribution in [0.5, 0.6) is 0 Å². The van der Waals surface area contributed by atoms with Crippen LogP contribution in [0.15, 0.2) is 24.3 Å². The number of carbonyl (C=O) groups excluding carboxylic acids is 2. The van der Waals surface area contributed by atoms with Crippen LogP contribution in [-0.2, 0) is 22.6 Å². The fourth-order valence-corrected chi connectivity index (χ4v) is 2.30. The van der Waals surface area contributed by atoms with Crippen LogP contribution in [-0.4, -0.2) is 41.0 Å². The number of hydrogen-bond donors (Lipinski definition) is 3. The standard InChI is InChI=1S/C15H21N5O2.2ClH/c1-2-20-12-6-4-3-5-11(12)19-13(20)7-8-17-15(22)10-18-14(21)9-16;;/h3-6H,2,7-10,16H2,1H3,(H,17,22)(H,18,21);2*1H. The Morgan fingerprint density at radius 2 is 1.88 bits per heavy atom. The van der Waals surface area contributed by atoms with Gasteiger partial charge < -0.3 is 20.9 Å². The van der Waals surface area contributed by atoms with Crippen molar-refractivity contribution in [3.8, 4) is 0 Å². The molecule has 0 saturated carbocycles. The average Bonchev–Trinajstić information content (AvgIpc) is 2.89. The van der Waals surface area contributed by atoms with Gasteiger partial charge in [-0.2, -0.15) is 0 Å². The molecule has 0 radical (unpaired) electrons. The van der Waals surface area contributed by atoms with Crippen LogP contribution in [0.1, 0.15) is 12.7 Å². The molecule has 24 heavy (non-hydrogen) atoms. The van der Waals surface area contributed by atoms with Crippen LogP contribution < -0.4 is 16.4 Å². The zero-order valence-corrected chi connectivity index (χ0v) is 15.1. The molecule has 0 saturated heterocycles. The van der Waals surface area contributed by atoms with Crippen molar-refractivity contribution in [1.29, 1.82) is 0 Å². The average molecular weight is 376 g/mol. The highest BCUT2D eigenvalue weighted by atomic mass is 35.5. The first-order valence-corrected chi connectivity index (χ1v) is 7.33. The largest absolute Gasteiger partial charge is 0.354 e. The number of para-hydroxylation sites is 2. The smallest absolute Gasteiger partial charge is 0.239 e. The molecule has 1 aromatic carbocycles. The molecule has 0 aliphatic heterocycles. The maximum absolute atomic E-state index is 11.6. The van der Waals surface area contributed by atoms with Gasteiger partial charge in [-0.3, -0.25) is 9.59 Å². The Labute approximate surface area is 153 Å². The monoisotopic (exact) mass is 375 g/mol. The molecule has 1 aromatic heterocycles. The van der Waals surface area contributed by atoms with E-state index in [1.165, 1.54) is 0 Å². The number of fused-ring (bicyclic) bond motifs is 1. The molecule has 134 valence electrons. The van der Waals surface area contributed by atoms with Gasteiger partial charge in [0.2, 0.25) is 11.8 Å². The van der Waals surface area contributed by atoms with Crippen LogP contribution >= 0.6 is 24.8 Å². The molecule has 9 heteroatoms. The Balaban J connectivity index is 0.00000264. The molecular formula is C15H23Cl2N5O2. The fraction of sp³-hybridized carbons (Fsp3) is 0.400. The molecule has 0 unspecified atom stereocenters. The molecule has 0 atom stereocenters. The summed E-state index contributed by atoms with van der Waals surface area (Å²) in [5, 5.41) is 5.19. The van der Waals surface area contributed by atoms with Gasteiger partial charge in [0.15, 0.2) is 0 Å². The lowest BCUT2D eigenvalue weighted by Crippen LogP contribution is -2.40. The van der Waals surface area contributed by atoms with Crippen molar-refractivity contribution in [1.82, 2.24) is 20.2 Å². The quantitative estimate of drug-likeness (QED) is 0.660. The fourth-order valence-electron chi connectivity index (χ4n) is 2.30. The Hall–Kier alpha value is -1.83. The SMILES string of the molecule is CCn1c(CCNC(=O)CNC(=O)CN)nc2ccccc21.Cl.Cl. The predicted octanol–water partition coefficient (Wildman–Crippen LogP) is 0.633. The van der Waals surface area contributed by atoms with Crippen molar-refractivity contribution in [2.45, 2.75) is 19.9 Å². The maximum atomic E-state index is 11.6. The summed E-state index contributed by atoms with van der Waals surface area (Å²) in [6, 6.07) is 7.96. The lowest BCUT2D eigenvalue weighted by atomic mass is 10.3. The number of benzene rings is 1. The zero-order valence-electron chi connectivity index (χ0n) is 13.4. The number of carbonyl (C=O) groups is 2. The minimum absolute atomic E-state index is 0. The van der Waals surface area contributed by atoms with Crippen LogP contribution in [0.25, 0.3) is 11.0 Å². The number of nitrogens with zero attached hydrogens (tertiary/aromatic N) is 2. The number of halogens is 2. The number of aryl methyl sites for hydroxylation is 1. The van der Waals surface area contributed by atoms with Crippen molar-refractivity contribution in [3.05, 3.63) is 30.1 Å². The van der Waals surface area contributed by atoms with E-state index in [1.807, 2.05) is 24.3 Å². The van der Waals surface area contributed by atoms with Crippen molar-refractivity contribution >= 4 is 47.7 Å². The highest BCUT2D eigenvalue weighted by Crippen LogP contribution is 2.15. The molecule has 7 nitrogen and oxygen atoms in total. The minimum atomic E-state index is -0.345. The number of imidazole rings is 1.